The van der Waals surface area contributed by atoms with E-state index in [0.29, 0.717) is 18.1 Å². The fourth-order valence-corrected chi connectivity index (χ4v) is 5.01. The van der Waals surface area contributed by atoms with E-state index in [1.807, 2.05) is 72.1 Å². The van der Waals surface area contributed by atoms with Crippen LogP contribution in [0.2, 0.25) is 5.02 Å². The third kappa shape index (κ3) is 6.09. The molecule has 2 N–H and O–H groups in total. The van der Waals surface area contributed by atoms with Crippen LogP contribution in [0.15, 0.2) is 102 Å². The van der Waals surface area contributed by atoms with Crippen LogP contribution in [0.25, 0.3) is 16.9 Å². The third-order valence-corrected chi connectivity index (χ3v) is 7.47. The SMILES string of the molecule is CC(Cc1ccccc1)C(=O)NCc1ccc(CNc2cc(-c3ccccc3Cl)nc3c(Br)ccn23)cc1. The van der Waals surface area contributed by atoms with Gasteiger partial charge in [0.15, 0.2) is 5.65 Å². The van der Waals surface area contributed by atoms with Crippen molar-refractivity contribution in [2.24, 2.45) is 5.92 Å². The van der Waals surface area contributed by atoms with E-state index in [-0.39, 0.29) is 11.8 Å². The standard InChI is InChI=1S/C31H28BrClN4O/c1-21(17-22-7-3-2-4-8-22)31(38)35-20-24-13-11-23(12-14-24)19-34-29-18-28(25-9-5-6-10-27(25)33)36-30-26(32)15-16-37(29)30/h2-16,18,21,34H,17,19-20H2,1H3,(H,35,38). The number of fused-ring (bicyclic) bond motifs is 1. The zero-order chi connectivity index (χ0) is 26.5. The second kappa shape index (κ2) is 11.8. The zero-order valence-corrected chi connectivity index (χ0v) is 23.3. The van der Waals surface area contributed by atoms with Crippen molar-refractivity contribution in [3.8, 4) is 11.3 Å². The lowest BCUT2D eigenvalue weighted by Gasteiger charge is -2.14. The van der Waals surface area contributed by atoms with E-state index in [1.54, 1.807) is 0 Å². The Hall–Kier alpha value is -3.61. The summed E-state index contributed by atoms with van der Waals surface area (Å²) in [5, 5.41) is 7.27. The molecular weight excluding hydrogens is 560 g/mol. The molecule has 2 heterocycles. The predicted molar refractivity (Wildman–Crippen MR) is 158 cm³/mol. The number of nitrogens with one attached hydrogen (secondary N) is 2. The number of hydrogen-bond donors (Lipinski definition) is 2. The number of rotatable bonds is 9. The topological polar surface area (TPSA) is 58.4 Å². The molecule has 0 aliphatic carbocycles. The van der Waals surface area contributed by atoms with Crippen LogP contribution in [-0.2, 0) is 24.3 Å². The predicted octanol–water partition coefficient (Wildman–Crippen LogP) is 7.52. The van der Waals surface area contributed by atoms with Crippen LogP contribution in [0, 0.1) is 5.92 Å². The Kier molecular flexibility index (Phi) is 8.11. The zero-order valence-electron chi connectivity index (χ0n) is 21.0. The molecule has 1 unspecified atom stereocenters. The number of anilines is 1. The molecule has 5 nitrogen and oxygen atoms in total. The lowest BCUT2D eigenvalue weighted by atomic mass is 10.0. The van der Waals surface area contributed by atoms with Crippen LogP contribution in [0.1, 0.15) is 23.6 Å². The fourth-order valence-electron chi connectivity index (χ4n) is 4.38. The van der Waals surface area contributed by atoms with Gasteiger partial charge in [0.25, 0.3) is 0 Å². The summed E-state index contributed by atoms with van der Waals surface area (Å²) in [5.41, 5.74) is 5.88. The van der Waals surface area contributed by atoms with Crippen molar-refractivity contribution in [1.82, 2.24) is 14.7 Å². The Morgan fingerprint density at radius 2 is 1.61 bits per heavy atom. The molecule has 0 bridgehead atoms. The van der Waals surface area contributed by atoms with Crippen LogP contribution >= 0.6 is 27.5 Å². The fraction of sp³-hybridized carbons (Fsp3) is 0.161. The van der Waals surface area contributed by atoms with Crippen LogP contribution in [0.3, 0.4) is 0 Å². The Morgan fingerprint density at radius 1 is 0.921 bits per heavy atom. The highest BCUT2D eigenvalue weighted by molar-refractivity contribution is 9.10. The number of amides is 1. The second-order valence-corrected chi connectivity index (χ2v) is 10.6. The van der Waals surface area contributed by atoms with Gasteiger partial charge in [-0.15, -0.1) is 0 Å². The molecule has 3 aromatic carbocycles. The molecule has 2 aromatic heterocycles. The van der Waals surface area contributed by atoms with Crippen molar-refractivity contribution in [3.05, 3.63) is 123 Å². The molecule has 5 aromatic rings. The first-order valence-electron chi connectivity index (χ1n) is 12.5. The molecule has 0 aliphatic heterocycles. The van der Waals surface area contributed by atoms with Gasteiger partial charge in [-0.1, -0.05) is 91.3 Å². The Bertz CT molecular complexity index is 1550. The first-order valence-corrected chi connectivity index (χ1v) is 13.7. The van der Waals surface area contributed by atoms with Gasteiger partial charge < -0.3 is 10.6 Å². The van der Waals surface area contributed by atoms with Crippen molar-refractivity contribution < 1.29 is 4.79 Å². The summed E-state index contributed by atoms with van der Waals surface area (Å²) in [6, 6.07) is 30.1. The Labute approximate surface area is 236 Å². The van der Waals surface area contributed by atoms with Crippen LogP contribution < -0.4 is 10.6 Å². The van der Waals surface area contributed by atoms with Gasteiger partial charge in [-0.2, -0.15) is 0 Å². The highest BCUT2D eigenvalue weighted by Crippen LogP contribution is 2.31. The maximum absolute atomic E-state index is 12.6. The number of carbonyl (C=O) groups excluding carboxylic acids is 1. The number of benzene rings is 3. The number of aromatic nitrogens is 2. The summed E-state index contributed by atoms with van der Waals surface area (Å²) >= 11 is 10.1. The van der Waals surface area contributed by atoms with Gasteiger partial charge in [-0.05, 0) is 51.2 Å². The lowest BCUT2D eigenvalue weighted by Crippen LogP contribution is -2.29. The molecule has 0 spiro atoms. The smallest absolute Gasteiger partial charge is 0.223 e. The van der Waals surface area contributed by atoms with E-state index in [4.69, 9.17) is 16.6 Å². The molecule has 7 heteroatoms. The summed E-state index contributed by atoms with van der Waals surface area (Å²) in [4.78, 5) is 17.4. The molecule has 5 rings (SSSR count). The molecular formula is C31H28BrClN4O. The van der Waals surface area contributed by atoms with E-state index in [9.17, 15) is 4.79 Å². The average molecular weight is 588 g/mol. The highest BCUT2D eigenvalue weighted by Gasteiger charge is 2.14. The maximum Gasteiger partial charge on any atom is 0.223 e. The van der Waals surface area contributed by atoms with Gasteiger partial charge in [-0.3, -0.25) is 9.20 Å². The summed E-state index contributed by atoms with van der Waals surface area (Å²) < 4.78 is 2.93. The van der Waals surface area contributed by atoms with E-state index in [2.05, 4.69) is 63.0 Å². The molecule has 0 radical (unpaired) electrons. The number of hydrogen-bond acceptors (Lipinski definition) is 3. The van der Waals surface area contributed by atoms with Crippen LogP contribution in [0.5, 0.6) is 0 Å². The highest BCUT2D eigenvalue weighted by atomic mass is 79.9. The minimum absolute atomic E-state index is 0.0634. The van der Waals surface area contributed by atoms with Gasteiger partial charge in [0.1, 0.15) is 5.82 Å². The first-order chi connectivity index (χ1) is 18.5. The van der Waals surface area contributed by atoms with E-state index < -0.39 is 0 Å². The molecule has 192 valence electrons. The number of carbonyl (C=O) groups is 1. The summed E-state index contributed by atoms with van der Waals surface area (Å²) in [5.74, 6) is 0.898. The molecule has 0 fully saturated rings. The minimum atomic E-state index is -0.0811. The van der Waals surface area contributed by atoms with Crippen molar-refractivity contribution in [3.63, 3.8) is 0 Å². The van der Waals surface area contributed by atoms with Crippen LogP contribution in [-0.4, -0.2) is 15.3 Å². The van der Waals surface area contributed by atoms with Crippen molar-refractivity contribution >= 4 is 44.9 Å². The van der Waals surface area contributed by atoms with Gasteiger partial charge >= 0.3 is 0 Å². The van der Waals surface area contributed by atoms with E-state index in [1.165, 1.54) is 5.56 Å². The largest absolute Gasteiger partial charge is 0.367 e. The molecule has 1 atom stereocenters. The van der Waals surface area contributed by atoms with Crippen molar-refractivity contribution in [2.45, 2.75) is 26.4 Å². The normalized spacial score (nSPS) is 11.9. The molecule has 1 amide bonds. The molecule has 0 aliphatic rings. The van der Waals surface area contributed by atoms with Gasteiger partial charge in [0.05, 0.1) is 10.2 Å². The van der Waals surface area contributed by atoms with Gasteiger partial charge in [0.2, 0.25) is 5.91 Å². The monoisotopic (exact) mass is 586 g/mol. The second-order valence-electron chi connectivity index (χ2n) is 9.34. The summed E-state index contributed by atoms with van der Waals surface area (Å²) in [6.07, 6.45) is 2.71. The van der Waals surface area contributed by atoms with Gasteiger partial charge in [-0.25, -0.2) is 4.98 Å². The average Bonchev–Trinajstić information content (AvgIpc) is 3.32. The molecule has 0 saturated carbocycles. The maximum atomic E-state index is 12.6. The lowest BCUT2D eigenvalue weighted by molar-refractivity contribution is -0.124. The van der Waals surface area contributed by atoms with E-state index >= 15 is 0 Å². The number of nitrogens with zero attached hydrogens (tertiary/aromatic N) is 2. The van der Waals surface area contributed by atoms with Crippen molar-refractivity contribution in [2.75, 3.05) is 5.32 Å². The third-order valence-electron chi connectivity index (χ3n) is 6.52. The van der Waals surface area contributed by atoms with Crippen molar-refractivity contribution in [1.29, 1.82) is 0 Å². The van der Waals surface area contributed by atoms with Crippen LogP contribution in [0.4, 0.5) is 5.82 Å². The van der Waals surface area contributed by atoms with Gasteiger partial charge in [0, 0.05) is 41.9 Å². The quantitative estimate of drug-likeness (QED) is 0.187. The summed E-state index contributed by atoms with van der Waals surface area (Å²) in [6.45, 7) is 3.11. The Balaban J connectivity index is 1.22. The molecule has 38 heavy (non-hydrogen) atoms. The molecule has 0 saturated heterocycles. The Morgan fingerprint density at radius 3 is 2.34 bits per heavy atom. The summed E-state index contributed by atoms with van der Waals surface area (Å²) in [7, 11) is 0. The first kappa shape index (κ1) is 26.0. The number of halogens is 2. The van der Waals surface area contributed by atoms with E-state index in [0.717, 1.165) is 44.7 Å². The minimum Gasteiger partial charge on any atom is -0.367 e.